The zero-order valence-corrected chi connectivity index (χ0v) is 11.1. The van der Waals surface area contributed by atoms with Crippen LogP contribution in [-0.4, -0.2) is 24.1 Å². The Morgan fingerprint density at radius 2 is 1.16 bits per heavy atom. The molecule has 4 nitrogen and oxygen atoms in total. The summed E-state index contributed by atoms with van der Waals surface area (Å²) in [5.41, 5.74) is 0. The van der Waals surface area contributed by atoms with Crippen LogP contribution in [0.2, 0.25) is 0 Å². The van der Waals surface area contributed by atoms with Crippen molar-refractivity contribution in [1.29, 1.82) is 0 Å². The van der Waals surface area contributed by atoms with Gasteiger partial charge in [0.15, 0.2) is 0 Å². The van der Waals surface area contributed by atoms with Crippen molar-refractivity contribution in [3.05, 3.63) is 0 Å². The lowest BCUT2D eigenvalue weighted by molar-refractivity contribution is -0.180. The van der Waals surface area contributed by atoms with Crippen LogP contribution < -0.4 is 0 Å². The van der Waals surface area contributed by atoms with Crippen molar-refractivity contribution in [2.45, 2.75) is 32.5 Å². The maximum absolute atomic E-state index is 11.3. The highest BCUT2D eigenvalue weighted by Crippen LogP contribution is 2.83. The molecule has 0 spiro atoms. The summed E-state index contributed by atoms with van der Waals surface area (Å²) in [6, 6.07) is 0. The average Bonchev–Trinajstić information content (AvgIpc) is 2.77. The summed E-state index contributed by atoms with van der Waals surface area (Å²) in [4.78, 5) is 22.7. The molecule has 10 unspecified atom stereocenters. The highest BCUT2D eigenvalue weighted by Gasteiger charge is 2.85. The molecule has 19 heavy (non-hydrogen) atoms. The first-order valence-corrected chi connectivity index (χ1v) is 7.44. The van der Waals surface area contributed by atoms with Gasteiger partial charge in [-0.3, -0.25) is 9.59 Å². The van der Waals surface area contributed by atoms with Gasteiger partial charge in [0.2, 0.25) is 0 Å². The van der Waals surface area contributed by atoms with Crippen molar-refractivity contribution < 1.29 is 19.1 Å². The van der Waals surface area contributed by atoms with Gasteiger partial charge in [-0.15, -0.1) is 0 Å². The predicted octanol–water partition coefficient (Wildman–Crippen LogP) is 1.24. The van der Waals surface area contributed by atoms with Crippen LogP contribution in [0.4, 0.5) is 0 Å². The zero-order valence-electron chi connectivity index (χ0n) is 11.1. The molecule has 0 heterocycles. The van der Waals surface area contributed by atoms with E-state index in [0.717, 1.165) is 23.7 Å². The Labute approximate surface area is 111 Å². The molecule has 5 aliphatic rings. The molecule has 0 aromatic carbocycles. The molecule has 0 aromatic rings. The van der Waals surface area contributed by atoms with Gasteiger partial charge in [-0.2, -0.15) is 0 Å². The molecule has 5 rings (SSSR count). The Balaban J connectivity index is 1.53. The number of carbonyl (C=O) groups is 2. The first-order chi connectivity index (χ1) is 9.09. The molecule has 5 aliphatic carbocycles. The minimum atomic E-state index is -0.151. The number of hydrogen-bond acceptors (Lipinski definition) is 4. The summed E-state index contributed by atoms with van der Waals surface area (Å²) in [5, 5.41) is 0. The molecule has 0 aromatic heterocycles. The maximum Gasteiger partial charge on any atom is 0.302 e. The molecular weight excluding hydrogens is 244 g/mol. The van der Waals surface area contributed by atoms with Crippen LogP contribution in [0.25, 0.3) is 0 Å². The fourth-order valence-electron chi connectivity index (χ4n) is 7.06. The quantitative estimate of drug-likeness (QED) is 0.703. The van der Waals surface area contributed by atoms with E-state index in [0.29, 0.717) is 23.7 Å². The van der Waals surface area contributed by atoms with Crippen LogP contribution in [0.1, 0.15) is 20.3 Å². The number of fused-ring (bicyclic) bond motifs is 2. The summed E-state index contributed by atoms with van der Waals surface area (Å²) >= 11 is 0. The first kappa shape index (κ1) is 10.7. The second-order valence-corrected chi connectivity index (χ2v) is 7.18. The molecule has 0 aliphatic heterocycles. The molecule has 102 valence electrons. The van der Waals surface area contributed by atoms with E-state index in [1.807, 2.05) is 0 Å². The third kappa shape index (κ3) is 0.954. The number of hydrogen-bond donors (Lipinski definition) is 0. The Morgan fingerprint density at radius 3 is 1.53 bits per heavy atom. The molecular formula is C15H18O4. The molecule has 5 saturated carbocycles. The molecule has 0 radical (unpaired) electrons. The van der Waals surface area contributed by atoms with Crippen molar-refractivity contribution in [2.75, 3.05) is 0 Å². The average molecular weight is 262 g/mol. The van der Waals surface area contributed by atoms with Gasteiger partial charge in [-0.25, -0.2) is 0 Å². The van der Waals surface area contributed by atoms with Crippen molar-refractivity contribution in [2.24, 2.45) is 47.3 Å². The van der Waals surface area contributed by atoms with Crippen molar-refractivity contribution >= 4 is 11.9 Å². The van der Waals surface area contributed by atoms with E-state index in [1.54, 1.807) is 0 Å². The summed E-state index contributed by atoms with van der Waals surface area (Å²) in [6.45, 7) is 3.02. The third-order valence-electron chi connectivity index (χ3n) is 6.87. The minimum Gasteiger partial charge on any atom is -0.462 e. The van der Waals surface area contributed by atoms with Gasteiger partial charge in [0.1, 0.15) is 12.2 Å². The molecule has 2 bridgehead atoms. The maximum atomic E-state index is 11.3. The van der Waals surface area contributed by atoms with Crippen LogP contribution in [0.15, 0.2) is 0 Å². The van der Waals surface area contributed by atoms with E-state index in [2.05, 4.69) is 0 Å². The van der Waals surface area contributed by atoms with Crippen LogP contribution in [0.5, 0.6) is 0 Å². The zero-order chi connectivity index (χ0) is 13.0. The van der Waals surface area contributed by atoms with E-state index >= 15 is 0 Å². The molecule has 5 fully saturated rings. The van der Waals surface area contributed by atoms with Crippen molar-refractivity contribution in [3.8, 4) is 0 Å². The van der Waals surface area contributed by atoms with Gasteiger partial charge in [0.25, 0.3) is 0 Å². The largest absolute Gasteiger partial charge is 0.462 e. The number of rotatable bonds is 2. The topological polar surface area (TPSA) is 52.6 Å². The summed E-state index contributed by atoms with van der Waals surface area (Å²) in [5.74, 6) is 4.63. The van der Waals surface area contributed by atoms with Gasteiger partial charge in [-0.1, -0.05) is 0 Å². The lowest BCUT2D eigenvalue weighted by Gasteiger charge is -2.49. The number of ether oxygens (including phenoxy) is 2. The summed E-state index contributed by atoms with van der Waals surface area (Å²) < 4.78 is 11.3. The highest BCUT2D eigenvalue weighted by molar-refractivity contribution is 5.67. The standard InChI is InChI=1S/C15H18O4/c1-4(16)18-14-10-6-3-7-9-8(6)12(14)13(9)15(11(7)10)19-5(2)17/h6-15H,3H2,1-2H3. The Kier molecular flexibility index (Phi) is 1.68. The molecule has 0 saturated heterocycles. The van der Waals surface area contributed by atoms with Gasteiger partial charge < -0.3 is 9.47 Å². The SMILES string of the molecule is CC(=O)OC1C2C3CC4C2C(OC(C)=O)C2C4C3C12. The van der Waals surface area contributed by atoms with Crippen LogP contribution in [-0.2, 0) is 19.1 Å². The van der Waals surface area contributed by atoms with Gasteiger partial charge in [0.05, 0.1) is 0 Å². The van der Waals surface area contributed by atoms with Crippen LogP contribution in [0.3, 0.4) is 0 Å². The van der Waals surface area contributed by atoms with Crippen molar-refractivity contribution in [3.63, 3.8) is 0 Å². The molecule has 10 atom stereocenters. The fourth-order valence-corrected chi connectivity index (χ4v) is 7.06. The minimum absolute atomic E-state index is 0.123. The van der Waals surface area contributed by atoms with Gasteiger partial charge in [-0.05, 0) is 30.1 Å². The third-order valence-corrected chi connectivity index (χ3v) is 6.87. The molecule has 0 amide bonds. The van der Waals surface area contributed by atoms with E-state index in [9.17, 15) is 9.59 Å². The van der Waals surface area contributed by atoms with Crippen LogP contribution >= 0.6 is 0 Å². The monoisotopic (exact) mass is 262 g/mol. The van der Waals surface area contributed by atoms with E-state index in [4.69, 9.17) is 9.47 Å². The Hall–Kier alpha value is -1.06. The molecule has 0 N–H and O–H groups in total. The van der Waals surface area contributed by atoms with E-state index < -0.39 is 0 Å². The Morgan fingerprint density at radius 1 is 0.737 bits per heavy atom. The van der Waals surface area contributed by atoms with E-state index in [1.165, 1.54) is 20.3 Å². The van der Waals surface area contributed by atoms with Crippen molar-refractivity contribution in [1.82, 2.24) is 0 Å². The first-order valence-electron chi connectivity index (χ1n) is 7.44. The number of esters is 2. The normalized spacial score (nSPS) is 61.4. The van der Waals surface area contributed by atoms with Gasteiger partial charge in [0, 0.05) is 37.5 Å². The van der Waals surface area contributed by atoms with E-state index in [-0.39, 0.29) is 24.1 Å². The Bertz CT molecular complexity index is 452. The van der Waals surface area contributed by atoms with Gasteiger partial charge >= 0.3 is 11.9 Å². The van der Waals surface area contributed by atoms with Crippen LogP contribution in [0, 0.1) is 47.3 Å². The predicted molar refractivity (Wildman–Crippen MR) is 63.6 cm³/mol. The lowest BCUT2D eigenvalue weighted by atomic mass is 9.58. The molecule has 4 heteroatoms. The highest BCUT2D eigenvalue weighted by atomic mass is 16.6. The summed E-state index contributed by atoms with van der Waals surface area (Å²) in [7, 11) is 0. The second kappa shape index (κ2) is 2.99. The second-order valence-electron chi connectivity index (χ2n) is 7.18. The number of carbonyl (C=O) groups excluding carboxylic acids is 2. The summed E-state index contributed by atoms with van der Waals surface area (Å²) in [6.07, 6.45) is 1.53. The fraction of sp³-hybridized carbons (Fsp3) is 0.867. The smallest absolute Gasteiger partial charge is 0.302 e. The lowest BCUT2D eigenvalue weighted by Crippen LogP contribution is -2.53.